The molecule has 1 aliphatic heterocycles. The quantitative estimate of drug-likeness (QED) is 0.919. The molecule has 1 amide bonds. The Hall–Kier alpha value is -1.54. The first-order valence-electron chi connectivity index (χ1n) is 6.92. The predicted octanol–water partition coefficient (Wildman–Crippen LogP) is 3.14. The second-order valence-electron chi connectivity index (χ2n) is 4.89. The number of benzene rings is 1. The maximum atomic E-state index is 12.0. The van der Waals surface area contributed by atoms with Gasteiger partial charge in [-0.15, -0.1) is 0 Å². The van der Waals surface area contributed by atoms with Gasteiger partial charge in [-0.25, -0.2) is 0 Å². The maximum absolute atomic E-state index is 12.0. The standard InChI is InChI=1S/C15H18BrN3O/c16-13-5-4-6-14(12(13)11-17)18-8-7-15(20)19-9-2-1-3-10-19/h4-6,18H,1-3,7-10H2. The zero-order chi connectivity index (χ0) is 14.4. The lowest BCUT2D eigenvalue weighted by Gasteiger charge is -2.26. The Morgan fingerprint density at radius 3 is 2.80 bits per heavy atom. The predicted molar refractivity (Wildman–Crippen MR) is 82.4 cm³/mol. The highest BCUT2D eigenvalue weighted by molar-refractivity contribution is 9.10. The number of nitrogens with zero attached hydrogens (tertiary/aromatic N) is 2. The number of rotatable bonds is 4. The number of hydrogen-bond acceptors (Lipinski definition) is 3. The fraction of sp³-hybridized carbons (Fsp3) is 0.467. The molecule has 0 spiro atoms. The molecule has 1 saturated heterocycles. The number of carbonyl (C=O) groups is 1. The third kappa shape index (κ3) is 3.73. The largest absolute Gasteiger partial charge is 0.383 e. The van der Waals surface area contributed by atoms with E-state index in [0.717, 1.165) is 36.1 Å². The van der Waals surface area contributed by atoms with Crippen molar-refractivity contribution in [3.63, 3.8) is 0 Å². The van der Waals surface area contributed by atoms with E-state index in [0.29, 0.717) is 18.5 Å². The number of likely N-dealkylation sites (tertiary alicyclic amines) is 1. The summed E-state index contributed by atoms with van der Waals surface area (Å²) >= 11 is 3.35. The highest BCUT2D eigenvalue weighted by atomic mass is 79.9. The van der Waals surface area contributed by atoms with Crippen LogP contribution in [0.5, 0.6) is 0 Å². The second kappa shape index (κ2) is 7.30. The molecular weight excluding hydrogens is 318 g/mol. The van der Waals surface area contributed by atoms with Crippen molar-refractivity contribution >= 4 is 27.5 Å². The number of piperidine rings is 1. The number of anilines is 1. The van der Waals surface area contributed by atoms with E-state index in [1.165, 1.54) is 6.42 Å². The van der Waals surface area contributed by atoms with Crippen LogP contribution >= 0.6 is 15.9 Å². The van der Waals surface area contributed by atoms with Crippen molar-refractivity contribution in [2.75, 3.05) is 25.0 Å². The van der Waals surface area contributed by atoms with Crippen LogP contribution in [0.1, 0.15) is 31.2 Å². The molecule has 0 bridgehead atoms. The second-order valence-corrected chi connectivity index (χ2v) is 5.75. The van der Waals surface area contributed by atoms with Crippen molar-refractivity contribution in [1.82, 2.24) is 4.90 Å². The molecule has 1 fully saturated rings. The number of carbonyl (C=O) groups excluding carboxylic acids is 1. The SMILES string of the molecule is N#Cc1c(Br)cccc1NCCC(=O)N1CCCCC1. The molecule has 0 aromatic heterocycles. The molecule has 5 heteroatoms. The Labute approximate surface area is 127 Å². The minimum absolute atomic E-state index is 0.200. The Morgan fingerprint density at radius 2 is 2.10 bits per heavy atom. The molecule has 1 aromatic rings. The number of amides is 1. The lowest BCUT2D eigenvalue weighted by molar-refractivity contribution is -0.131. The number of halogens is 1. The molecule has 0 saturated carbocycles. The number of hydrogen-bond donors (Lipinski definition) is 1. The van der Waals surface area contributed by atoms with Gasteiger partial charge in [0.15, 0.2) is 0 Å². The van der Waals surface area contributed by atoms with Crippen molar-refractivity contribution in [1.29, 1.82) is 5.26 Å². The Morgan fingerprint density at radius 1 is 1.35 bits per heavy atom. The van der Waals surface area contributed by atoms with Gasteiger partial charge < -0.3 is 10.2 Å². The van der Waals surface area contributed by atoms with Gasteiger partial charge in [0, 0.05) is 30.5 Å². The van der Waals surface area contributed by atoms with Crippen molar-refractivity contribution in [3.05, 3.63) is 28.2 Å². The summed E-state index contributed by atoms with van der Waals surface area (Å²) in [6, 6.07) is 7.73. The Balaban J connectivity index is 1.85. The third-order valence-corrected chi connectivity index (χ3v) is 4.15. The Kier molecular flexibility index (Phi) is 5.42. The van der Waals surface area contributed by atoms with Crippen LogP contribution in [0.15, 0.2) is 22.7 Å². The summed E-state index contributed by atoms with van der Waals surface area (Å²) in [5, 5.41) is 12.3. The number of nitriles is 1. The maximum Gasteiger partial charge on any atom is 0.224 e. The zero-order valence-corrected chi connectivity index (χ0v) is 12.9. The summed E-state index contributed by atoms with van der Waals surface area (Å²) in [6.45, 7) is 2.33. The summed E-state index contributed by atoms with van der Waals surface area (Å²) in [6.07, 6.45) is 3.93. The van der Waals surface area contributed by atoms with Crippen molar-refractivity contribution in [2.24, 2.45) is 0 Å². The van der Waals surface area contributed by atoms with E-state index in [1.807, 2.05) is 23.1 Å². The molecule has 4 nitrogen and oxygen atoms in total. The molecule has 1 heterocycles. The first-order chi connectivity index (χ1) is 9.72. The minimum atomic E-state index is 0.200. The van der Waals surface area contributed by atoms with Crippen LogP contribution in [0.2, 0.25) is 0 Å². The van der Waals surface area contributed by atoms with Crippen molar-refractivity contribution in [3.8, 4) is 6.07 Å². The summed E-state index contributed by atoms with van der Waals surface area (Å²) in [5.41, 5.74) is 1.35. The van der Waals surface area contributed by atoms with Gasteiger partial charge in [-0.3, -0.25) is 4.79 Å². The van der Waals surface area contributed by atoms with E-state index in [9.17, 15) is 4.79 Å². The van der Waals surface area contributed by atoms with Gasteiger partial charge in [-0.2, -0.15) is 5.26 Å². The van der Waals surface area contributed by atoms with Gasteiger partial charge in [0.25, 0.3) is 0 Å². The molecule has 106 valence electrons. The van der Waals surface area contributed by atoms with Crippen LogP contribution in [-0.4, -0.2) is 30.4 Å². The van der Waals surface area contributed by atoms with Gasteiger partial charge in [0.2, 0.25) is 5.91 Å². The molecular formula is C15H18BrN3O. The van der Waals surface area contributed by atoms with Crippen molar-refractivity contribution in [2.45, 2.75) is 25.7 Å². The van der Waals surface area contributed by atoms with E-state index in [2.05, 4.69) is 27.3 Å². The molecule has 0 radical (unpaired) electrons. The molecule has 1 aromatic carbocycles. The third-order valence-electron chi connectivity index (χ3n) is 3.49. The van der Waals surface area contributed by atoms with Crippen LogP contribution in [-0.2, 0) is 4.79 Å². The highest BCUT2D eigenvalue weighted by Crippen LogP contribution is 2.23. The fourth-order valence-corrected chi connectivity index (χ4v) is 2.85. The molecule has 0 aliphatic carbocycles. The first kappa shape index (κ1) is 14.9. The summed E-state index contributed by atoms with van der Waals surface area (Å²) in [7, 11) is 0. The van der Waals surface area contributed by atoms with E-state index >= 15 is 0 Å². The minimum Gasteiger partial charge on any atom is -0.383 e. The smallest absolute Gasteiger partial charge is 0.224 e. The van der Waals surface area contributed by atoms with E-state index in [-0.39, 0.29) is 5.91 Å². The molecule has 2 rings (SSSR count). The van der Waals surface area contributed by atoms with Crippen molar-refractivity contribution < 1.29 is 4.79 Å². The van der Waals surface area contributed by atoms with E-state index in [4.69, 9.17) is 5.26 Å². The monoisotopic (exact) mass is 335 g/mol. The van der Waals surface area contributed by atoms with Gasteiger partial charge in [0.1, 0.15) is 6.07 Å². The summed E-state index contributed by atoms with van der Waals surface area (Å²) < 4.78 is 0.771. The molecule has 0 atom stereocenters. The highest BCUT2D eigenvalue weighted by Gasteiger charge is 2.16. The average molecular weight is 336 g/mol. The van der Waals surface area contributed by atoms with Gasteiger partial charge in [-0.1, -0.05) is 6.07 Å². The molecule has 0 unspecified atom stereocenters. The zero-order valence-electron chi connectivity index (χ0n) is 11.4. The van der Waals surface area contributed by atoms with Crippen LogP contribution in [0.4, 0.5) is 5.69 Å². The van der Waals surface area contributed by atoms with Crippen LogP contribution < -0.4 is 5.32 Å². The normalized spacial score (nSPS) is 14.7. The first-order valence-corrected chi connectivity index (χ1v) is 7.72. The molecule has 20 heavy (non-hydrogen) atoms. The number of nitrogens with one attached hydrogen (secondary N) is 1. The van der Waals surface area contributed by atoms with Gasteiger partial charge in [0.05, 0.1) is 11.3 Å². The lowest BCUT2D eigenvalue weighted by Crippen LogP contribution is -2.36. The van der Waals surface area contributed by atoms with Gasteiger partial charge in [-0.05, 0) is 47.3 Å². The lowest BCUT2D eigenvalue weighted by atomic mass is 10.1. The van der Waals surface area contributed by atoms with E-state index in [1.54, 1.807) is 0 Å². The van der Waals surface area contributed by atoms with Crippen LogP contribution in [0, 0.1) is 11.3 Å². The molecule has 1 aliphatic rings. The average Bonchev–Trinajstić information content (AvgIpc) is 2.48. The topological polar surface area (TPSA) is 56.1 Å². The molecule has 1 N–H and O–H groups in total. The fourth-order valence-electron chi connectivity index (χ4n) is 2.39. The van der Waals surface area contributed by atoms with E-state index < -0.39 is 0 Å². The van der Waals surface area contributed by atoms with Crippen LogP contribution in [0.3, 0.4) is 0 Å². The van der Waals surface area contributed by atoms with Crippen LogP contribution in [0.25, 0.3) is 0 Å². The summed E-state index contributed by atoms with van der Waals surface area (Å²) in [4.78, 5) is 14.0. The Bertz CT molecular complexity index is 518. The van der Waals surface area contributed by atoms with Gasteiger partial charge >= 0.3 is 0 Å². The summed E-state index contributed by atoms with van der Waals surface area (Å²) in [5.74, 6) is 0.200.